The molecule has 1 fully saturated rings. The van der Waals surface area contributed by atoms with E-state index in [1.165, 1.54) is 6.42 Å². The number of hydrogen-bond acceptors (Lipinski definition) is 3. The molecule has 5 nitrogen and oxygen atoms in total. The third-order valence-corrected chi connectivity index (χ3v) is 4.07. The molecule has 1 aliphatic rings. The summed E-state index contributed by atoms with van der Waals surface area (Å²) in [4.78, 5) is 18.6. The van der Waals surface area contributed by atoms with Gasteiger partial charge in [-0.15, -0.1) is 24.0 Å². The van der Waals surface area contributed by atoms with Crippen molar-refractivity contribution in [1.29, 1.82) is 5.26 Å². The van der Waals surface area contributed by atoms with Crippen molar-refractivity contribution in [1.82, 2.24) is 9.88 Å². The first-order valence-corrected chi connectivity index (χ1v) is 8.08. The highest BCUT2D eigenvalue weighted by atomic mass is 127. The molecule has 0 unspecified atom stereocenters. The first-order valence-electron chi connectivity index (χ1n) is 8.08. The van der Waals surface area contributed by atoms with Crippen LogP contribution in [0, 0.1) is 18.8 Å². The highest BCUT2D eigenvalue weighted by molar-refractivity contribution is 14.0. The van der Waals surface area contributed by atoms with Gasteiger partial charge < -0.3 is 10.2 Å². The van der Waals surface area contributed by atoms with Gasteiger partial charge in [-0.25, -0.2) is 10.1 Å². The summed E-state index contributed by atoms with van der Waals surface area (Å²) < 4.78 is 0. The highest BCUT2D eigenvalue weighted by Crippen LogP contribution is 2.25. The molecule has 0 aliphatic carbocycles. The van der Waals surface area contributed by atoms with E-state index < -0.39 is 0 Å². The molecule has 0 radical (unpaired) electrons. The maximum atomic E-state index is 12.3. The maximum Gasteiger partial charge on any atom is 0.321 e. The van der Waals surface area contributed by atoms with Crippen LogP contribution in [0.15, 0.2) is 42.6 Å². The van der Waals surface area contributed by atoms with Crippen LogP contribution in [0.5, 0.6) is 0 Å². The Morgan fingerprint density at radius 3 is 2.56 bits per heavy atom. The molecule has 134 valence electrons. The minimum Gasteiger partial charge on any atom is -0.325 e. The smallest absolute Gasteiger partial charge is 0.321 e. The number of aromatic nitrogens is 1. The number of halogens is 1. The first-order chi connectivity index (χ1) is 11.7. The summed E-state index contributed by atoms with van der Waals surface area (Å²) in [6.45, 7) is 7.26. The van der Waals surface area contributed by atoms with Gasteiger partial charge in [0.25, 0.3) is 0 Å². The van der Waals surface area contributed by atoms with Crippen LogP contribution in [0.1, 0.15) is 26.3 Å². The number of carbonyl (C=O) groups excluding carboxylic acids is 1. The third-order valence-electron chi connectivity index (χ3n) is 4.07. The average Bonchev–Trinajstić information content (AvgIpc) is 2.66. The molecule has 25 heavy (non-hydrogen) atoms. The fourth-order valence-electron chi connectivity index (χ4n) is 2.80. The second-order valence-electron chi connectivity index (χ2n) is 5.72. The quantitative estimate of drug-likeness (QED) is 0.647. The van der Waals surface area contributed by atoms with E-state index in [1.54, 1.807) is 6.20 Å². The minimum atomic E-state index is -0.00414. The van der Waals surface area contributed by atoms with Crippen molar-refractivity contribution < 1.29 is 6.22 Å². The van der Waals surface area contributed by atoms with Crippen LogP contribution in [0.25, 0.3) is 11.3 Å². The van der Waals surface area contributed by atoms with Gasteiger partial charge in [-0.1, -0.05) is 12.1 Å². The zero-order valence-corrected chi connectivity index (χ0v) is 16.6. The monoisotopic (exact) mass is 452 g/mol. The SMILES string of the molecule is C#N.Cc1ccc(NC(=O)N2CCCCC2)cc1-c1ccccn1.I.[HH]. The molecule has 1 aromatic carbocycles. The molecule has 1 saturated heterocycles. The van der Waals surface area contributed by atoms with E-state index in [0.717, 1.165) is 48.4 Å². The molecule has 1 N–H and O–H groups in total. The minimum absolute atomic E-state index is 0. The molecule has 1 aliphatic heterocycles. The lowest BCUT2D eigenvalue weighted by Crippen LogP contribution is -2.38. The number of nitrogens with zero attached hydrogens (tertiary/aromatic N) is 3. The zero-order valence-electron chi connectivity index (χ0n) is 14.3. The maximum absolute atomic E-state index is 12.3. The van der Waals surface area contributed by atoms with Gasteiger partial charge in [-0.3, -0.25) is 4.98 Å². The first kappa shape index (κ1) is 20.9. The number of aryl methyl sites for hydroxylation is 1. The number of nitriles is 1. The Morgan fingerprint density at radius 2 is 1.92 bits per heavy atom. The lowest BCUT2D eigenvalue weighted by molar-refractivity contribution is 0.200. The number of hydrogen-bond donors (Lipinski definition) is 1. The van der Waals surface area contributed by atoms with Gasteiger partial charge >= 0.3 is 6.03 Å². The number of amides is 2. The highest BCUT2D eigenvalue weighted by Gasteiger charge is 2.16. The fraction of sp³-hybridized carbons (Fsp3) is 0.316. The molecular weight excluding hydrogens is 427 g/mol. The molecule has 0 spiro atoms. The Labute approximate surface area is 167 Å². The summed E-state index contributed by atoms with van der Waals surface area (Å²) in [5.41, 5.74) is 3.95. The zero-order chi connectivity index (χ0) is 17.4. The van der Waals surface area contributed by atoms with E-state index >= 15 is 0 Å². The molecule has 3 rings (SSSR count). The van der Waals surface area contributed by atoms with Gasteiger partial charge in [0.05, 0.1) is 5.69 Å². The van der Waals surface area contributed by atoms with Crippen molar-refractivity contribution in [3.8, 4) is 17.8 Å². The number of rotatable bonds is 2. The van der Waals surface area contributed by atoms with Gasteiger partial charge in [0.2, 0.25) is 0 Å². The van der Waals surface area contributed by atoms with Crippen molar-refractivity contribution in [2.45, 2.75) is 26.2 Å². The third kappa shape index (κ3) is 5.71. The van der Waals surface area contributed by atoms with E-state index in [1.807, 2.05) is 41.3 Å². The molecule has 2 heterocycles. The van der Waals surface area contributed by atoms with Crippen LogP contribution in [0.4, 0.5) is 10.5 Å². The van der Waals surface area contributed by atoms with E-state index in [4.69, 9.17) is 5.26 Å². The number of nitrogens with one attached hydrogen (secondary N) is 1. The fourth-order valence-corrected chi connectivity index (χ4v) is 2.80. The Bertz CT molecular complexity index is 703. The van der Waals surface area contributed by atoms with E-state index in [9.17, 15) is 4.79 Å². The Kier molecular flexibility index (Phi) is 8.92. The summed E-state index contributed by atoms with van der Waals surface area (Å²) in [7, 11) is 0. The van der Waals surface area contributed by atoms with Crippen LogP contribution in [0.2, 0.25) is 0 Å². The number of likely N-dealkylation sites (tertiary alicyclic amines) is 1. The summed E-state index contributed by atoms with van der Waals surface area (Å²) >= 11 is 0. The summed E-state index contributed by atoms with van der Waals surface area (Å²) in [5, 5.41) is 9.51. The van der Waals surface area contributed by atoms with Crippen molar-refractivity contribution in [3.05, 3.63) is 48.2 Å². The van der Waals surface area contributed by atoms with Gasteiger partial charge in [0.1, 0.15) is 0 Å². The summed E-state index contributed by atoms with van der Waals surface area (Å²) in [5.74, 6) is 0. The van der Waals surface area contributed by atoms with Crippen molar-refractivity contribution in [2.24, 2.45) is 0 Å². The topological polar surface area (TPSA) is 69.0 Å². The molecule has 2 aromatic rings. The van der Waals surface area contributed by atoms with Crippen LogP contribution in [-0.4, -0.2) is 29.0 Å². The van der Waals surface area contributed by atoms with Crippen molar-refractivity contribution in [3.63, 3.8) is 0 Å². The number of urea groups is 1. The normalized spacial score (nSPS) is 13.0. The van der Waals surface area contributed by atoms with Crippen molar-refractivity contribution >= 4 is 35.7 Å². The van der Waals surface area contributed by atoms with Gasteiger partial charge in [0, 0.05) is 38.5 Å². The van der Waals surface area contributed by atoms with E-state index in [-0.39, 0.29) is 31.4 Å². The van der Waals surface area contributed by atoms with Crippen molar-refractivity contribution in [2.75, 3.05) is 18.4 Å². The number of piperidine rings is 1. The predicted octanol–water partition coefficient (Wildman–Crippen LogP) is 5.08. The molecule has 0 saturated carbocycles. The molecule has 2 amide bonds. The molecule has 1 aromatic heterocycles. The molecule has 0 atom stereocenters. The van der Waals surface area contributed by atoms with E-state index in [2.05, 4.69) is 23.8 Å². The number of pyridine rings is 1. The lowest BCUT2D eigenvalue weighted by Gasteiger charge is -2.26. The predicted molar refractivity (Wildman–Crippen MR) is 113 cm³/mol. The second-order valence-corrected chi connectivity index (χ2v) is 5.72. The number of anilines is 1. The van der Waals surface area contributed by atoms with Crippen LogP contribution < -0.4 is 5.32 Å². The Hall–Kier alpha value is -2.14. The average molecular weight is 452 g/mol. The number of carbonyl (C=O) groups is 1. The van der Waals surface area contributed by atoms with Crippen LogP contribution in [-0.2, 0) is 0 Å². The Balaban J connectivity index is 0.00000151. The Morgan fingerprint density at radius 1 is 1.20 bits per heavy atom. The van der Waals surface area contributed by atoms with E-state index in [0.29, 0.717) is 0 Å². The molecule has 6 heteroatoms. The standard InChI is InChI=1S/C18H21N3O.CHN.HI.H2/c1-14-8-9-15(13-16(14)17-7-3-4-10-19-17)20-18(22)21-11-5-2-6-12-21;1-2;;/h3-4,7-10,13H,2,5-6,11-12H2,1H3,(H,20,22);1H;2*1H. The van der Waals surface area contributed by atoms with Gasteiger partial charge in [0.15, 0.2) is 0 Å². The molecular formula is C19H25IN4O. The summed E-state index contributed by atoms with van der Waals surface area (Å²) in [6, 6.07) is 11.8. The summed E-state index contributed by atoms with van der Waals surface area (Å²) in [6.07, 6.45) is 5.20. The largest absolute Gasteiger partial charge is 0.325 e. The lowest BCUT2D eigenvalue weighted by atomic mass is 10.0. The molecule has 0 bridgehead atoms. The van der Waals surface area contributed by atoms with Gasteiger partial charge in [-0.05, 0) is 56.0 Å². The number of benzene rings is 1. The van der Waals surface area contributed by atoms with Crippen LogP contribution >= 0.6 is 24.0 Å². The van der Waals surface area contributed by atoms with Gasteiger partial charge in [-0.2, -0.15) is 0 Å². The van der Waals surface area contributed by atoms with Crippen LogP contribution in [0.3, 0.4) is 0 Å². The second kappa shape index (κ2) is 10.7.